The molecule has 194 valence electrons. The predicted molar refractivity (Wildman–Crippen MR) is 130 cm³/mol. The summed E-state index contributed by atoms with van der Waals surface area (Å²) in [5.41, 5.74) is -0.600. The fraction of sp³-hybridized carbons (Fsp3) is 0.160. The lowest BCUT2D eigenvalue weighted by Gasteiger charge is -2.20. The number of amides is 3. The van der Waals surface area contributed by atoms with Crippen LogP contribution in [0, 0.1) is 0 Å². The average molecular weight is 511 g/mol. The molecule has 12 heteroatoms. The van der Waals surface area contributed by atoms with Crippen molar-refractivity contribution in [1.82, 2.24) is 16.0 Å². The van der Waals surface area contributed by atoms with E-state index in [0.29, 0.717) is 0 Å². The van der Waals surface area contributed by atoms with E-state index >= 15 is 0 Å². The molecule has 0 bridgehead atoms. The van der Waals surface area contributed by atoms with Gasteiger partial charge in [-0.05, 0) is 42.8 Å². The first-order valence-corrected chi connectivity index (χ1v) is 11.0. The van der Waals surface area contributed by atoms with Gasteiger partial charge in [0.05, 0.1) is 16.7 Å². The Kier molecular flexibility index (Phi) is 8.25. The lowest BCUT2D eigenvalue weighted by atomic mass is 10.1. The predicted octanol–water partition coefficient (Wildman–Crippen LogP) is 1.27. The molecule has 0 aliphatic carbocycles. The second kappa shape index (κ2) is 11.5. The van der Waals surface area contributed by atoms with Gasteiger partial charge in [-0.3, -0.25) is 14.4 Å². The van der Waals surface area contributed by atoms with E-state index in [1.54, 1.807) is 0 Å². The van der Waals surface area contributed by atoms with Gasteiger partial charge < -0.3 is 46.6 Å². The Morgan fingerprint density at radius 2 is 1.00 bits per heavy atom. The lowest BCUT2D eigenvalue weighted by molar-refractivity contribution is 0.0899. The number of phenols is 6. The number of hydrogen-bond donors (Lipinski definition) is 9. The number of para-hydroxylation sites is 3. The maximum atomic E-state index is 12.7. The van der Waals surface area contributed by atoms with E-state index < -0.39 is 58.3 Å². The summed E-state index contributed by atoms with van der Waals surface area (Å²) in [5, 5.41) is 66.3. The summed E-state index contributed by atoms with van der Waals surface area (Å²) in [6, 6.07) is 10.7. The van der Waals surface area contributed by atoms with E-state index in [4.69, 9.17) is 0 Å². The smallest absolute Gasteiger partial charge is 0.255 e. The molecule has 0 fully saturated rings. The van der Waals surface area contributed by atoms with Crippen molar-refractivity contribution in [3.05, 3.63) is 71.3 Å². The van der Waals surface area contributed by atoms with Gasteiger partial charge in [-0.2, -0.15) is 0 Å². The number of hydrogen-bond acceptors (Lipinski definition) is 9. The van der Waals surface area contributed by atoms with Crippen molar-refractivity contribution in [1.29, 1.82) is 0 Å². The van der Waals surface area contributed by atoms with Crippen LogP contribution in [-0.4, -0.2) is 67.5 Å². The van der Waals surface area contributed by atoms with Crippen molar-refractivity contribution in [2.45, 2.75) is 12.5 Å². The molecule has 0 aliphatic heterocycles. The molecule has 3 amide bonds. The molecule has 0 spiro atoms. The van der Waals surface area contributed by atoms with Gasteiger partial charge in [0.25, 0.3) is 17.7 Å². The Hall–Kier alpha value is -5.13. The molecule has 9 N–H and O–H groups in total. The minimum absolute atomic E-state index is 0.0435. The third kappa shape index (κ3) is 6.31. The zero-order valence-electron chi connectivity index (χ0n) is 19.3. The van der Waals surface area contributed by atoms with Crippen molar-refractivity contribution in [2.24, 2.45) is 0 Å². The molecular formula is C25H25N3O9. The van der Waals surface area contributed by atoms with Crippen LogP contribution in [0.5, 0.6) is 34.5 Å². The molecule has 0 unspecified atom stereocenters. The Morgan fingerprint density at radius 1 is 0.595 bits per heavy atom. The van der Waals surface area contributed by atoms with Crippen molar-refractivity contribution in [3.8, 4) is 34.5 Å². The van der Waals surface area contributed by atoms with Crippen molar-refractivity contribution in [2.75, 3.05) is 13.1 Å². The number of carbonyl (C=O) groups excluding carboxylic acids is 3. The van der Waals surface area contributed by atoms with Crippen LogP contribution in [0.1, 0.15) is 37.5 Å². The van der Waals surface area contributed by atoms with Gasteiger partial charge >= 0.3 is 0 Å². The van der Waals surface area contributed by atoms with Crippen LogP contribution in [-0.2, 0) is 0 Å². The maximum Gasteiger partial charge on any atom is 0.255 e. The first-order valence-electron chi connectivity index (χ1n) is 11.0. The molecule has 3 aromatic carbocycles. The number of phenolic OH excluding ortho intramolecular Hbond substituents is 6. The van der Waals surface area contributed by atoms with E-state index in [1.807, 2.05) is 0 Å². The molecule has 0 saturated heterocycles. The lowest BCUT2D eigenvalue weighted by Crippen LogP contribution is -2.45. The minimum atomic E-state index is -0.823. The van der Waals surface area contributed by atoms with Crippen LogP contribution in [0.25, 0.3) is 0 Å². The number of benzene rings is 3. The van der Waals surface area contributed by atoms with Gasteiger partial charge in [0.1, 0.15) is 0 Å². The Morgan fingerprint density at radius 3 is 1.46 bits per heavy atom. The Balaban J connectivity index is 1.71. The molecule has 3 rings (SSSR count). The summed E-state index contributed by atoms with van der Waals surface area (Å²) in [6.45, 7) is -0.232. The van der Waals surface area contributed by atoms with Crippen molar-refractivity contribution < 1.29 is 45.0 Å². The highest BCUT2D eigenvalue weighted by Gasteiger charge is 2.21. The monoisotopic (exact) mass is 511 g/mol. The molecular weight excluding hydrogens is 486 g/mol. The highest BCUT2D eigenvalue weighted by atomic mass is 16.3. The van der Waals surface area contributed by atoms with Crippen LogP contribution >= 0.6 is 0 Å². The largest absolute Gasteiger partial charge is 0.504 e. The van der Waals surface area contributed by atoms with Crippen LogP contribution in [0.15, 0.2) is 54.6 Å². The summed E-state index contributed by atoms with van der Waals surface area (Å²) in [6.07, 6.45) is 0.0585. The molecule has 1 atom stereocenters. The second-order valence-corrected chi connectivity index (χ2v) is 7.94. The standard InChI is InChI=1S/C25H25N3O9/c29-17-7-1-4-14(20(17)32)23(35)26-11-10-13(28-25(37)16-6-3-9-19(31)22(16)34)12-27-24(36)15-5-2-8-18(30)21(15)33/h1-9,13,29-34H,10-12H2,(H,26,35)(H,27,36)(H,28,37)/t13-/m0/s1. The molecule has 0 heterocycles. The number of aromatic hydroxyl groups is 6. The quantitative estimate of drug-likeness (QED) is 0.189. The van der Waals surface area contributed by atoms with E-state index in [1.165, 1.54) is 54.6 Å². The third-order valence-electron chi connectivity index (χ3n) is 5.40. The van der Waals surface area contributed by atoms with Crippen molar-refractivity contribution >= 4 is 17.7 Å². The summed E-state index contributed by atoms with van der Waals surface area (Å²) >= 11 is 0. The molecule has 12 nitrogen and oxygen atoms in total. The Labute approximate surface area is 210 Å². The fourth-order valence-electron chi connectivity index (χ4n) is 3.40. The summed E-state index contributed by atoms with van der Waals surface area (Å²) in [4.78, 5) is 37.6. The van der Waals surface area contributed by atoms with E-state index in [2.05, 4.69) is 16.0 Å². The van der Waals surface area contributed by atoms with E-state index in [0.717, 1.165) is 0 Å². The number of rotatable bonds is 9. The van der Waals surface area contributed by atoms with Crippen LogP contribution in [0.3, 0.4) is 0 Å². The summed E-state index contributed by atoms with van der Waals surface area (Å²) in [5.74, 6) is -5.54. The fourth-order valence-corrected chi connectivity index (χ4v) is 3.40. The normalized spacial score (nSPS) is 11.4. The molecule has 0 saturated carbocycles. The first kappa shape index (κ1) is 26.5. The van der Waals surface area contributed by atoms with E-state index in [9.17, 15) is 45.0 Å². The highest BCUT2D eigenvalue weighted by Crippen LogP contribution is 2.29. The van der Waals surface area contributed by atoms with Gasteiger partial charge in [-0.15, -0.1) is 0 Å². The van der Waals surface area contributed by atoms with Gasteiger partial charge in [-0.25, -0.2) is 0 Å². The van der Waals surface area contributed by atoms with Crippen LogP contribution < -0.4 is 16.0 Å². The van der Waals surface area contributed by atoms with E-state index in [-0.39, 0.29) is 36.2 Å². The van der Waals surface area contributed by atoms with Gasteiger partial charge in [0, 0.05) is 19.1 Å². The minimum Gasteiger partial charge on any atom is -0.504 e. The first-order chi connectivity index (χ1) is 17.6. The topological polar surface area (TPSA) is 209 Å². The number of nitrogens with one attached hydrogen (secondary N) is 3. The maximum absolute atomic E-state index is 12.7. The SMILES string of the molecule is O=C(NCC[C@@H](CNC(=O)c1cccc(O)c1O)NC(=O)c1cccc(O)c1O)c1cccc(O)c1O. The molecule has 0 radical (unpaired) electrons. The van der Waals surface area contributed by atoms with Crippen molar-refractivity contribution in [3.63, 3.8) is 0 Å². The summed E-state index contributed by atoms with van der Waals surface area (Å²) in [7, 11) is 0. The highest BCUT2D eigenvalue weighted by molar-refractivity contribution is 5.99. The summed E-state index contributed by atoms with van der Waals surface area (Å²) < 4.78 is 0. The molecule has 0 aromatic heterocycles. The Bertz CT molecular complexity index is 1330. The molecule has 3 aromatic rings. The second-order valence-electron chi connectivity index (χ2n) is 7.94. The van der Waals surface area contributed by atoms with Crippen LogP contribution in [0.2, 0.25) is 0 Å². The van der Waals surface area contributed by atoms with Gasteiger partial charge in [0.2, 0.25) is 0 Å². The number of carbonyl (C=O) groups is 3. The van der Waals surface area contributed by atoms with Gasteiger partial charge in [-0.1, -0.05) is 18.2 Å². The van der Waals surface area contributed by atoms with Gasteiger partial charge in [0.15, 0.2) is 34.5 Å². The average Bonchev–Trinajstić information content (AvgIpc) is 2.87. The molecule has 0 aliphatic rings. The molecule has 37 heavy (non-hydrogen) atoms. The third-order valence-corrected chi connectivity index (χ3v) is 5.40. The van der Waals surface area contributed by atoms with Crippen LogP contribution in [0.4, 0.5) is 0 Å². The zero-order chi connectivity index (χ0) is 27.1. The zero-order valence-corrected chi connectivity index (χ0v) is 19.3.